The minimum absolute atomic E-state index is 0.0164. The van der Waals surface area contributed by atoms with Gasteiger partial charge in [-0.25, -0.2) is 9.48 Å². The van der Waals surface area contributed by atoms with Crippen molar-refractivity contribution in [1.82, 2.24) is 25.2 Å². The Hall–Kier alpha value is -2.46. The Bertz CT molecular complexity index is 1160. The predicted octanol–water partition coefficient (Wildman–Crippen LogP) is 3.43. The molecule has 1 N–H and O–H groups in total. The number of ketones is 1. The van der Waals surface area contributed by atoms with Gasteiger partial charge in [0.1, 0.15) is 5.78 Å². The highest BCUT2D eigenvalue weighted by Gasteiger charge is 2.43. The van der Waals surface area contributed by atoms with Gasteiger partial charge in [-0.2, -0.15) is 0 Å². The summed E-state index contributed by atoms with van der Waals surface area (Å²) in [5, 5.41) is 11.3. The molecule has 51 heavy (non-hydrogen) atoms. The number of ether oxygens (including phenoxy) is 7. The van der Waals surface area contributed by atoms with E-state index >= 15 is 0 Å². The van der Waals surface area contributed by atoms with Crippen LogP contribution < -0.4 is 5.32 Å². The smallest absolute Gasteiger partial charge is 0.317 e. The van der Waals surface area contributed by atoms with Crippen molar-refractivity contribution in [3.63, 3.8) is 0 Å². The summed E-state index contributed by atoms with van der Waals surface area (Å²) < 4.78 is 40.5. The lowest BCUT2D eigenvalue weighted by atomic mass is 9.76. The summed E-state index contributed by atoms with van der Waals surface area (Å²) in [5.41, 5.74) is 1.99. The molecular weight excluding hydrogens is 658 g/mol. The van der Waals surface area contributed by atoms with E-state index in [1.165, 1.54) is 0 Å². The highest BCUT2D eigenvalue weighted by molar-refractivity contribution is 5.90. The van der Waals surface area contributed by atoms with Gasteiger partial charge in [0.25, 0.3) is 0 Å². The van der Waals surface area contributed by atoms with Crippen LogP contribution in [-0.4, -0.2) is 144 Å². The van der Waals surface area contributed by atoms with Gasteiger partial charge in [0.15, 0.2) is 0 Å². The Morgan fingerprint density at radius 3 is 1.69 bits per heavy atom. The van der Waals surface area contributed by atoms with Crippen molar-refractivity contribution in [2.24, 2.45) is 28.6 Å². The fourth-order valence-electron chi connectivity index (χ4n) is 5.79. The first-order chi connectivity index (χ1) is 24.4. The lowest BCUT2D eigenvalue weighted by molar-refractivity contribution is -0.126. The summed E-state index contributed by atoms with van der Waals surface area (Å²) >= 11 is 0. The molecule has 14 nitrogen and oxygen atoms in total. The molecule has 1 aliphatic heterocycles. The van der Waals surface area contributed by atoms with Gasteiger partial charge in [0, 0.05) is 44.1 Å². The van der Waals surface area contributed by atoms with E-state index in [-0.39, 0.29) is 34.5 Å². The molecule has 2 fully saturated rings. The highest BCUT2D eigenvalue weighted by Crippen LogP contribution is 2.42. The molecule has 0 radical (unpaired) electrons. The third kappa shape index (κ3) is 16.4. The van der Waals surface area contributed by atoms with E-state index in [0.717, 1.165) is 30.8 Å². The van der Waals surface area contributed by atoms with Crippen molar-refractivity contribution in [3.8, 4) is 0 Å². The number of carbonyl (C=O) groups excluding carboxylic acids is 2. The van der Waals surface area contributed by atoms with Crippen molar-refractivity contribution in [1.29, 1.82) is 0 Å². The van der Waals surface area contributed by atoms with Gasteiger partial charge in [-0.1, -0.05) is 58.9 Å². The van der Waals surface area contributed by atoms with Crippen molar-refractivity contribution >= 4 is 11.8 Å². The number of likely N-dealkylation sites (tertiary alicyclic amines) is 1. The second-order valence-electron chi connectivity index (χ2n) is 15.4. The van der Waals surface area contributed by atoms with Crippen molar-refractivity contribution in [2.45, 2.75) is 60.9 Å². The number of urea groups is 1. The lowest BCUT2D eigenvalue weighted by Crippen LogP contribution is -2.57. The number of Topliss-reactive ketones (excluding diaryl/α,β-unsaturated/α-hetero) is 1. The molecule has 1 aliphatic carbocycles. The highest BCUT2D eigenvalue weighted by atomic mass is 16.6. The maximum atomic E-state index is 12.9. The van der Waals surface area contributed by atoms with Crippen LogP contribution in [0.4, 0.5) is 4.79 Å². The maximum absolute atomic E-state index is 12.9. The monoisotopic (exact) mass is 723 g/mol. The molecule has 1 aromatic heterocycles. The quantitative estimate of drug-likeness (QED) is 0.111. The number of nitrogens with one attached hydrogen (secondary N) is 1. The van der Waals surface area contributed by atoms with E-state index in [1.54, 1.807) is 4.68 Å². The molecule has 1 saturated carbocycles. The molecule has 0 aromatic carbocycles. The average Bonchev–Trinajstić information content (AvgIpc) is 3.61. The summed E-state index contributed by atoms with van der Waals surface area (Å²) in [4.78, 5) is 26.9. The third-order valence-corrected chi connectivity index (χ3v) is 9.30. The number of amides is 2. The first-order valence-corrected chi connectivity index (χ1v) is 18.5. The zero-order valence-electron chi connectivity index (χ0n) is 32.1. The van der Waals surface area contributed by atoms with Crippen LogP contribution in [0.3, 0.4) is 0 Å². The molecule has 2 atom stereocenters. The molecule has 2 unspecified atom stereocenters. The number of aromatic nitrogens is 3. The van der Waals surface area contributed by atoms with Gasteiger partial charge in [-0.15, -0.1) is 5.10 Å². The van der Waals surface area contributed by atoms with E-state index in [2.05, 4.69) is 63.8 Å². The van der Waals surface area contributed by atoms with E-state index in [9.17, 15) is 9.59 Å². The second-order valence-corrected chi connectivity index (χ2v) is 15.4. The molecule has 2 aliphatic rings. The van der Waals surface area contributed by atoms with Crippen molar-refractivity contribution in [2.75, 3.05) is 112 Å². The van der Waals surface area contributed by atoms with E-state index in [4.69, 9.17) is 33.2 Å². The average molecular weight is 724 g/mol. The van der Waals surface area contributed by atoms with Crippen LogP contribution >= 0.6 is 0 Å². The molecule has 0 bridgehead atoms. The zero-order chi connectivity index (χ0) is 37.1. The van der Waals surface area contributed by atoms with Crippen LogP contribution in [0.5, 0.6) is 0 Å². The molecule has 1 aromatic rings. The molecule has 14 heteroatoms. The SMILES string of the molecule is C=C1CC(C(C)(C)C)C(=O)C1Cc1cn(CCOCCOCCOCCOCCOCCOCCOCCNC(=O)N2CC(C(C)(C)C)C2)nn1. The fourth-order valence-corrected chi connectivity index (χ4v) is 5.79. The Balaban J connectivity index is 0.997. The Labute approximate surface area is 305 Å². The molecule has 3 rings (SSSR count). The number of rotatable bonds is 26. The number of nitrogens with zero attached hydrogens (tertiary/aromatic N) is 4. The molecule has 2 heterocycles. The van der Waals surface area contributed by atoms with Crippen LogP contribution in [0.25, 0.3) is 0 Å². The Morgan fingerprint density at radius 1 is 0.765 bits per heavy atom. The van der Waals surface area contributed by atoms with Gasteiger partial charge in [0.05, 0.1) is 105 Å². The van der Waals surface area contributed by atoms with Gasteiger partial charge in [-0.05, 0) is 23.2 Å². The zero-order valence-corrected chi connectivity index (χ0v) is 32.1. The minimum Gasteiger partial charge on any atom is -0.377 e. The largest absolute Gasteiger partial charge is 0.377 e. The summed E-state index contributed by atoms with van der Waals surface area (Å²) in [6.45, 7) is 26.6. The topological polar surface area (TPSA) is 145 Å². The number of carbonyl (C=O) groups is 2. The molecule has 2 amide bonds. The van der Waals surface area contributed by atoms with E-state index in [0.29, 0.717) is 118 Å². The summed E-state index contributed by atoms with van der Waals surface area (Å²) in [7, 11) is 0. The van der Waals surface area contributed by atoms with E-state index in [1.807, 2.05) is 11.1 Å². The Kier molecular flexibility index (Phi) is 19.0. The standard InChI is InChI=1S/C37H65N5O9/c1-29-24-33(37(5,6)7)34(43)32(29)25-31-28-42(40-39-31)9-11-46-13-15-48-17-19-50-21-23-51-22-20-49-18-16-47-14-12-45-10-8-38-35(44)41-26-30(27-41)36(2,3)4/h28,30,32-33H,1,8-27H2,2-7H3,(H,38,44). The summed E-state index contributed by atoms with van der Waals surface area (Å²) in [5.74, 6) is 0.688. The number of hydrogen-bond donors (Lipinski definition) is 1. The summed E-state index contributed by atoms with van der Waals surface area (Å²) in [6.07, 6.45) is 3.20. The summed E-state index contributed by atoms with van der Waals surface area (Å²) in [6, 6.07) is -0.0164. The lowest BCUT2D eigenvalue weighted by Gasteiger charge is -2.46. The van der Waals surface area contributed by atoms with Crippen molar-refractivity contribution < 1.29 is 42.7 Å². The van der Waals surface area contributed by atoms with Crippen LogP contribution in [0.15, 0.2) is 18.3 Å². The molecule has 0 spiro atoms. The second kappa shape index (κ2) is 22.6. The van der Waals surface area contributed by atoms with Crippen LogP contribution in [0.2, 0.25) is 0 Å². The first kappa shape index (κ1) is 42.9. The first-order valence-electron chi connectivity index (χ1n) is 18.5. The Morgan fingerprint density at radius 2 is 1.24 bits per heavy atom. The fraction of sp³-hybridized carbons (Fsp3) is 0.838. The van der Waals surface area contributed by atoms with E-state index < -0.39 is 0 Å². The van der Waals surface area contributed by atoms with Gasteiger partial charge in [-0.3, -0.25) is 4.79 Å². The van der Waals surface area contributed by atoms with Crippen LogP contribution in [0.1, 0.15) is 53.7 Å². The number of hydrogen-bond acceptors (Lipinski definition) is 11. The van der Waals surface area contributed by atoms with Crippen molar-refractivity contribution in [3.05, 3.63) is 24.0 Å². The minimum atomic E-state index is -0.171. The van der Waals surface area contributed by atoms with Crippen LogP contribution in [-0.2, 0) is 50.9 Å². The molecule has 1 saturated heterocycles. The van der Waals surface area contributed by atoms with Gasteiger partial charge >= 0.3 is 6.03 Å². The maximum Gasteiger partial charge on any atom is 0.317 e. The normalized spacial score (nSPS) is 18.5. The third-order valence-electron chi connectivity index (χ3n) is 9.30. The predicted molar refractivity (Wildman–Crippen MR) is 193 cm³/mol. The van der Waals surface area contributed by atoms with Crippen LogP contribution in [0, 0.1) is 28.6 Å². The van der Waals surface area contributed by atoms with Gasteiger partial charge < -0.3 is 43.4 Å². The number of allylic oxidation sites excluding steroid dienone is 1. The molecular formula is C37H65N5O9. The molecule has 292 valence electrons. The van der Waals surface area contributed by atoms with Gasteiger partial charge in [0.2, 0.25) is 0 Å².